The molecule has 1 fully saturated rings. The number of furan rings is 1. The third-order valence-corrected chi connectivity index (χ3v) is 3.69. The average molecular weight is 220 g/mol. The number of ketones is 1. The van der Waals surface area contributed by atoms with E-state index in [2.05, 4.69) is 6.92 Å². The molecular formula is C14H20O2. The van der Waals surface area contributed by atoms with Crippen LogP contribution in [-0.2, 0) is 0 Å². The molecule has 1 aliphatic carbocycles. The first-order valence-corrected chi connectivity index (χ1v) is 6.19. The average Bonchev–Trinajstić information content (AvgIpc) is 2.58. The fourth-order valence-electron chi connectivity index (χ4n) is 2.62. The van der Waals surface area contributed by atoms with Crippen molar-refractivity contribution in [1.29, 1.82) is 0 Å². The van der Waals surface area contributed by atoms with Gasteiger partial charge < -0.3 is 4.42 Å². The zero-order valence-corrected chi connectivity index (χ0v) is 10.4. The lowest BCUT2D eigenvalue weighted by Gasteiger charge is -2.24. The third-order valence-electron chi connectivity index (χ3n) is 3.69. The van der Waals surface area contributed by atoms with E-state index in [9.17, 15) is 4.79 Å². The van der Waals surface area contributed by atoms with Gasteiger partial charge in [-0.2, -0.15) is 0 Å². The third kappa shape index (κ3) is 2.21. The predicted octanol–water partition coefficient (Wildman–Crippen LogP) is 3.91. The van der Waals surface area contributed by atoms with E-state index in [-0.39, 0.29) is 5.92 Å². The van der Waals surface area contributed by atoms with Gasteiger partial charge in [0.15, 0.2) is 5.78 Å². The van der Waals surface area contributed by atoms with Crippen LogP contribution in [0.5, 0.6) is 0 Å². The second-order valence-electron chi connectivity index (χ2n) is 5.15. The topological polar surface area (TPSA) is 30.2 Å². The van der Waals surface area contributed by atoms with Crippen molar-refractivity contribution < 1.29 is 9.21 Å². The number of hydrogen-bond acceptors (Lipinski definition) is 2. The minimum atomic E-state index is 0.229. The lowest BCUT2D eigenvalue weighted by molar-refractivity contribution is 0.0874. The number of carbonyl (C=O) groups excluding carboxylic acids is 1. The van der Waals surface area contributed by atoms with Crippen molar-refractivity contribution in [2.24, 2.45) is 11.8 Å². The molecule has 1 aromatic rings. The summed E-state index contributed by atoms with van der Waals surface area (Å²) >= 11 is 0. The van der Waals surface area contributed by atoms with E-state index >= 15 is 0 Å². The van der Waals surface area contributed by atoms with E-state index in [0.29, 0.717) is 5.78 Å². The summed E-state index contributed by atoms with van der Waals surface area (Å²) in [6.07, 6.45) is 4.46. The Morgan fingerprint density at radius 1 is 1.25 bits per heavy atom. The minimum absolute atomic E-state index is 0.229. The van der Waals surface area contributed by atoms with E-state index in [1.165, 1.54) is 12.8 Å². The quantitative estimate of drug-likeness (QED) is 0.707. The first-order chi connectivity index (χ1) is 7.58. The van der Waals surface area contributed by atoms with Crippen LogP contribution in [0.2, 0.25) is 0 Å². The molecule has 1 aliphatic rings. The maximum absolute atomic E-state index is 12.3. The molecule has 0 bridgehead atoms. The van der Waals surface area contributed by atoms with E-state index in [1.54, 1.807) is 0 Å². The van der Waals surface area contributed by atoms with Crippen molar-refractivity contribution in [2.45, 2.75) is 46.5 Å². The van der Waals surface area contributed by atoms with Crippen molar-refractivity contribution >= 4 is 5.78 Å². The molecule has 1 saturated carbocycles. The largest absolute Gasteiger partial charge is 0.466 e. The van der Waals surface area contributed by atoms with Gasteiger partial charge in [-0.3, -0.25) is 4.79 Å². The zero-order chi connectivity index (χ0) is 11.7. The molecule has 0 saturated heterocycles. The Hall–Kier alpha value is -1.05. The summed E-state index contributed by atoms with van der Waals surface area (Å²) in [6, 6.07) is 1.88. The Labute approximate surface area is 97.0 Å². The van der Waals surface area contributed by atoms with Crippen molar-refractivity contribution in [3.8, 4) is 0 Å². The molecule has 0 atom stereocenters. The molecule has 1 aromatic heterocycles. The number of hydrogen-bond donors (Lipinski definition) is 0. The fraction of sp³-hybridized carbons (Fsp3) is 0.643. The van der Waals surface area contributed by atoms with Gasteiger partial charge in [0.25, 0.3) is 0 Å². The second-order valence-corrected chi connectivity index (χ2v) is 5.15. The SMILES string of the molecule is Cc1cc(C(=O)C2CCC(C)CC2)c(C)o1. The van der Waals surface area contributed by atoms with Gasteiger partial charge in [-0.25, -0.2) is 0 Å². The van der Waals surface area contributed by atoms with Crippen molar-refractivity contribution in [1.82, 2.24) is 0 Å². The van der Waals surface area contributed by atoms with Crippen LogP contribution >= 0.6 is 0 Å². The van der Waals surface area contributed by atoms with E-state index < -0.39 is 0 Å². The van der Waals surface area contributed by atoms with Crippen LogP contribution in [0.1, 0.15) is 54.5 Å². The minimum Gasteiger partial charge on any atom is -0.466 e. The van der Waals surface area contributed by atoms with Crippen LogP contribution < -0.4 is 0 Å². The summed E-state index contributed by atoms with van der Waals surface area (Å²) in [4.78, 5) is 12.3. The molecule has 0 N–H and O–H groups in total. The standard InChI is InChI=1S/C14H20O2/c1-9-4-6-12(7-5-9)14(15)13-8-10(2)16-11(13)3/h8-9,12H,4-7H2,1-3H3. The lowest BCUT2D eigenvalue weighted by Crippen LogP contribution is -2.21. The first kappa shape index (κ1) is 11.4. The zero-order valence-electron chi connectivity index (χ0n) is 10.4. The van der Waals surface area contributed by atoms with Crippen LogP contribution in [-0.4, -0.2) is 5.78 Å². The highest BCUT2D eigenvalue weighted by atomic mass is 16.3. The van der Waals surface area contributed by atoms with Gasteiger partial charge in [-0.1, -0.05) is 19.8 Å². The Balaban J connectivity index is 2.10. The Morgan fingerprint density at radius 2 is 1.88 bits per heavy atom. The molecule has 2 heteroatoms. The maximum Gasteiger partial charge on any atom is 0.169 e. The highest BCUT2D eigenvalue weighted by molar-refractivity contribution is 5.98. The highest BCUT2D eigenvalue weighted by Crippen LogP contribution is 2.31. The molecule has 0 aromatic carbocycles. The number of rotatable bonds is 2. The van der Waals surface area contributed by atoms with Gasteiger partial charge >= 0.3 is 0 Å². The van der Waals surface area contributed by atoms with Gasteiger partial charge in [0, 0.05) is 5.92 Å². The van der Waals surface area contributed by atoms with E-state index in [1.807, 2.05) is 19.9 Å². The predicted molar refractivity (Wildman–Crippen MR) is 63.6 cm³/mol. The molecule has 16 heavy (non-hydrogen) atoms. The summed E-state index contributed by atoms with van der Waals surface area (Å²) in [6.45, 7) is 6.05. The van der Waals surface area contributed by atoms with Crippen LogP contribution in [0.25, 0.3) is 0 Å². The molecule has 0 unspecified atom stereocenters. The normalized spacial score (nSPS) is 25.7. The number of carbonyl (C=O) groups is 1. The number of aryl methyl sites for hydroxylation is 2. The van der Waals surface area contributed by atoms with Gasteiger partial charge in [0.1, 0.15) is 11.5 Å². The second kappa shape index (κ2) is 4.44. The Bertz CT molecular complexity index is 381. The van der Waals surface area contributed by atoms with E-state index in [4.69, 9.17) is 4.42 Å². The summed E-state index contributed by atoms with van der Waals surface area (Å²) in [7, 11) is 0. The van der Waals surface area contributed by atoms with Crippen LogP contribution in [0.4, 0.5) is 0 Å². The Kier molecular flexibility index (Phi) is 3.17. The fourth-order valence-corrected chi connectivity index (χ4v) is 2.62. The Morgan fingerprint density at radius 3 is 2.38 bits per heavy atom. The van der Waals surface area contributed by atoms with Gasteiger partial charge in [-0.05, 0) is 38.7 Å². The molecule has 0 aliphatic heterocycles. The van der Waals surface area contributed by atoms with E-state index in [0.717, 1.165) is 35.8 Å². The lowest BCUT2D eigenvalue weighted by atomic mass is 9.79. The van der Waals surface area contributed by atoms with Gasteiger partial charge in [0.05, 0.1) is 5.56 Å². The molecule has 1 heterocycles. The van der Waals surface area contributed by atoms with Gasteiger partial charge in [-0.15, -0.1) is 0 Å². The first-order valence-electron chi connectivity index (χ1n) is 6.19. The smallest absolute Gasteiger partial charge is 0.169 e. The summed E-state index contributed by atoms with van der Waals surface area (Å²) < 4.78 is 5.43. The molecule has 0 spiro atoms. The van der Waals surface area contributed by atoms with Crippen molar-refractivity contribution in [2.75, 3.05) is 0 Å². The van der Waals surface area contributed by atoms with Crippen LogP contribution in [0, 0.1) is 25.7 Å². The maximum atomic E-state index is 12.3. The summed E-state index contributed by atoms with van der Waals surface area (Å²) in [5.41, 5.74) is 0.803. The number of Topliss-reactive ketones (excluding diaryl/α,β-unsaturated/α-hetero) is 1. The van der Waals surface area contributed by atoms with Crippen molar-refractivity contribution in [3.63, 3.8) is 0 Å². The van der Waals surface area contributed by atoms with Crippen LogP contribution in [0.3, 0.4) is 0 Å². The van der Waals surface area contributed by atoms with Crippen LogP contribution in [0.15, 0.2) is 10.5 Å². The molecule has 88 valence electrons. The molecular weight excluding hydrogens is 200 g/mol. The molecule has 2 rings (SSSR count). The summed E-state index contributed by atoms with van der Waals surface area (Å²) in [5.74, 6) is 2.93. The van der Waals surface area contributed by atoms with Gasteiger partial charge in [0.2, 0.25) is 0 Å². The van der Waals surface area contributed by atoms with Crippen molar-refractivity contribution in [3.05, 3.63) is 23.2 Å². The molecule has 2 nitrogen and oxygen atoms in total. The highest BCUT2D eigenvalue weighted by Gasteiger charge is 2.27. The summed E-state index contributed by atoms with van der Waals surface area (Å²) in [5, 5.41) is 0. The molecule has 0 radical (unpaired) electrons. The monoisotopic (exact) mass is 220 g/mol. The molecule has 0 amide bonds.